The lowest BCUT2D eigenvalue weighted by Crippen LogP contribution is -2.25. The molecule has 2 aromatic carbocycles. The molecule has 2 aromatic heterocycles. The van der Waals surface area contributed by atoms with Crippen LogP contribution in [0.2, 0.25) is 0 Å². The fourth-order valence-electron chi connectivity index (χ4n) is 3.18. The number of alkyl halides is 2. The summed E-state index contributed by atoms with van der Waals surface area (Å²) >= 11 is 0. The number of anilines is 1. The van der Waals surface area contributed by atoms with Gasteiger partial charge in [-0.25, -0.2) is 12.8 Å². The van der Waals surface area contributed by atoms with Gasteiger partial charge in [0.05, 0.1) is 16.7 Å². The number of nitrogens with zero attached hydrogens (tertiary/aromatic N) is 1. The Balaban J connectivity index is 1.57. The summed E-state index contributed by atoms with van der Waals surface area (Å²) in [6, 6.07) is 8.31. The Hall–Kier alpha value is -3.47. The highest BCUT2D eigenvalue weighted by atomic mass is 32.2. The van der Waals surface area contributed by atoms with Crippen LogP contribution in [0.25, 0.3) is 21.8 Å². The standard InChI is InChI=1S/C18H10F3N3O4S/c19-11-6-13-14(28-18(20,21)27-13)7-12(11)24-29(25,26)15-8-23-17-10(15)4-3-9-2-1-5-22-16(9)17/h1-8,23-24H. The molecule has 0 atom stereocenters. The number of H-pyrrole nitrogens is 1. The zero-order valence-corrected chi connectivity index (χ0v) is 15.1. The molecule has 0 amide bonds. The van der Waals surface area contributed by atoms with E-state index in [0.717, 1.165) is 11.5 Å². The molecular formula is C18H10F3N3O4S. The number of fused-ring (bicyclic) bond motifs is 4. The first kappa shape index (κ1) is 17.6. The fraction of sp³-hybridized carbons (Fsp3) is 0.0556. The Bertz CT molecular complexity index is 1400. The molecule has 0 radical (unpaired) electrons. The summed E-state index contributed by atoms with van der Waals surface area (Å²) in [6.07, 6.45) is -1.12. The summed E-state index contributed by atoms with van der Waals surface area (Å²) < 4.78 is 76.7. The monoisotopic (exact) mass is 421 g/mol. The van der Waals surface area contributed by atoms with E-state index < -0.39 is 39.3 Å². The van der Waals surface area contributed by atoms with Gasteiger partial charge in [-0.1, -0.05) is 18.2 Å². The number of sulfonamides is 1. The minimum absolute atomic E-state index is 0.151. The highest BCUT2D eigenvalue weighted by Crippen LogP contribution is 2.43. The topological polar surface area (TPSA) is 93.3 Å². The molecular weight excluding hydrogens is 411 g/mol. The first-order valence-corrected chi connectivity index (χ1v) is 9.69. The van der Waals surface area contributed by atoms with E-state index in [9.17, 15) is 21.6 Å². The van der Waals surface area contributed by atoms with E-state index in [-0.39, 0.29) is 4.90 Å². The van der Waals surface area contributed by atoms with E-state index in [1.807, 2.05) is 6.07 Å². The maximum Gasteiger partial charge on any atom is 0.586 e. The zero-order valence-electron chi connectivity index (χ0n) is 14.2. The summed E-state index contributed by atoms with van der Waals surface area (Å²) in [4.78, 5) is 6.97. The van der Waals surface area contributed by atoms with Crippen LogP contribution in [0.1, 0.15) is 0 Å². The van der Waals surface area contributed by atoms with Crippen molar-refractivity contribution in [1.82, 2.24) is 9.97 Å². The van der Waals surface area contributed by atoms with Gasteiger partial charge in [0.15, 0.2) is 17.3 Å². The van der Waals surface area contributed by atoms with E-state index >= 15 is 0 Å². The minimum atomic E-state index is -4.27. The lowest BCUT2D eigenvalue weighted by Gasteiger charge is -2.09. The van der Waals surface area contributed by atoms with Crippen LogP contribution in [0.3, 0.4) is 0 Å². The molecule has 148 valence electrons. The Kier molecular flexibility index (Phi) is 3.50. The average molecular weight is 421 g/mol. The van der Waals surface area contributed by atoms with E-state index in [2.05, 4.69) is 24.2 Å². The second-order valence-electron chi connectivity index (χ2n) is 6.27. The maximum atomic E-state index is 14.3. The molecule has 3 heterocycles. The largest absolute Gasteiger partial charge is 0.586 e. The van der Waals surface area contributed by atoms with Gasteiger partial charge in [-0.05, 0) is 6.07 Å². The number of nitrogens with one attached hydrogen (secondary N) is 2. The lowest BCUT2D eigenvalue weighted by atomic mass is 10.1. The first-order valence-electron chi connectivity index (χ1n) is 8.20. The molecule has 1 aliphatic rings. The number of pyridine rings is 1. The third kappa shape index (κ3) is 2.81. The second kappa shape index (κ2) is 5.77. The normalized spacial score (nSPS) is 15.1. The number of benzene rings is 2. The summed E-state index contributed by atoms with van der Waals surface area (Å²) in [5.74, 6) is -2.11. The maximum absolute atomic E-state index is 14.3. The number of aromatic nitrogens is 2. The van der Waals surface area contributed by atoms with Gasteiger partial charge in [-0.15, -0.1) is 8.78 Å². The Morgan fingerprint density at radius 3 is 2.66 bits per heavy atom. The van der Waals surface area contributed by atoms with Gasteiger partial charge in [-0.2, -0.15) is 0 Å². The second-order valence-corrected chi connectivity index (χ2v) is 7.92. The lowest BCUT2D eigenvalue weighted by molar-refractivity contribution is -0.286. The summed E-state index contributed by atoms with van der Waals surface area (Å²) in [6.45, 7) is 0. The summed E-state index contributed by atoms with van der Waals surface area (Å²) in [5, 5.41) is 1.15. The fourth-order valence-corrected chi connectivity index (χ4v) is 4.41. The molecule has 5 rings (SSSR count). The molecule has 1 aliphatic heterocycles. The zero-order chi connectivity index (χ0) is 20.4. The molecule has 7 nitrogen and oxygen atoms in total. The minimum Gasteiger partial charge on any atom is -0.395 e. The van der Waals surface area contributed by atoms with Crippen LogP contribution < -0.4 is 14.2 Å². The molecule has 0 bridgehead atoms. The van der Waals surface area contributed by atoms with E-state index in [0.29, 0.717) is 22.5 Å². The smallest absolute Gasteiger partial charge is 0.395 e. The van der Waals surface area contributed by atoms with Crippen molar-refractivity contribution in [2.24, 2.45) is 0 Å². The predicted molar refractivity (Wildman–Crippen MR) is 97.0 cm³/mol. The van der Waals surface area contributed by atoms with Crippen molar-refractivity contribution in [3.8, 4) is 11.5 Å². The van der Waals surface area contributed by atoms with E-state index in [1.54, 1.807) is 24.4 Å². The van der Waals surface area contributed by atoms with Crippen LogP contribution in [0, 0.1) is 5.82 Å². The Labute approximate surface area is 161 Å². The summed E-state index contributed by atoms with van der Waals surface area (Å²) in [5.41, 5.74) is 0.510. The molecule has 11 heteroatoms. The highest BCUT2D eigenvalue weighted by molar-refractivity contribution is 7.93. The first-order chi connectivity index (χ1) is 13.7. The SMILES string of the molecule is O=S(=O)(Nc1cc2c(cc1F)OC(F)(F)O2)c1c[nH]c2c1ccc1cccnc12. The number of aromatic amines is 1. The molecule has 29 heavy (non-hydrogen) atoms. The quantitative estimate of drug-likeness (QED) is 0.522. The summed E-state index contributed by atoms with van der Waals surface area (Å²) in [7, 11) is -4.27. The number of hydrogen-bond acceptors (Lipinski definition) is 5. The van der Waals surface area contributed by atoms with Gasteiger partial charge in [0.1, 0.15) is 4.90 Å². The van der Waals surface area contributed by atoms with Crippen molar-refractivity contribution in [1.29, 1.82) is 0 Å². The molecule has 0 aliphatic carbocycles. The van der Waals surface area contributed by atoms with Gasteiger partial charge < -0.3 is 14.5 Å². The molecule has 4 aromatic rings. The Morgan fingerprint density at radius 1 is 1.10 bits per heavy atom. The van der Waals surface area contributed by atoms with Crippen molar-refractivity contribution in [3.05, 3.63) is 54.6 Å². The number of halogens is 3. The molecule has 0 unspecified atom stereocenters. The molecule has 0 fully saturated rings. The molecule has 2 N–H and O–H groups in total. The van der Waals surface area contributed by atoms with Crippen molar-refractivity contribution in [2.75, 3.05) is 4.72 Å². The van der Waals surface area contributed by atoms with Crippen molar-refractivity contribution < 1.29 is 31.1 Å². The number of rotatable bonds is 3. The molecule has 0 saturated carbocycles. The number of hydrogen-bond donors (Lipinski definition) is 2. The van der Waals surface area contributed by atoms with Crippen molar-refractivity contribution >= 4 is 37.5 Å². The molecule has 0 spiro atoms. The third-order valence-corrected chi connectivity index (χ3v) is 5.82. The van der Waals surface area contributed by atoms with E-state index in [1.165, 1.54) is 6.20 Å². The van der Waals surface area contributed by atoms with Gasteiger partial charge in [0.25, 0.3) is 10.0 Å². The third-order valence-electron chi connectivity index (χ3n) is 4.41. The molecule has 0 saturated heterocycles. The Morgan fingerprint density at radius 2 is 1.86 bits per heavy atom. The van der Waals surface area contributed by atoms with E-state index in [4.69, 9.17) is 0 Å². The predicted octanol–water partition coefficient (Wildman–Crippen LogP) is 3.98. The van der Waals surface area contributed by atoms with Gasteiger partial charge in [-0.3, -0.25) is 9.71 Å². The highest BCUT2D eigenvalue weighted by Gasteiger charge is 2.44. The van der Waals surface area contributed by atoms with Gasteiger partial charge >= 0.3 is 6.29 Å². The average Bonchev–Trinajstić information content (AvgIpc) is 3.22. The van der Waals surface area contributed by atoms with Crippen molar-refractivity contribution in [3.63, 3.8) is 0 Å². The number of ether oxygens (including phenoxy) is 2. The van der Waals surface area contributed by atoms with Gasteiger partial charge in [0.2, 0.25) is 0 Å². The van der Waals surface area contributed by atoms with Crippen LogP contribution in [0.15, 0.2) is 53.7 Å². The van der Waals surface area contributed by atoms with Gasteiger partial charge in [0, 0.05) is 35.3 Å². The van der Waals surface area contributed by atoms with Crippen LogP contribution in [0.5, 0.6) is 11.5 Å². The van der Waals surface area contributed by atoms with Crippen LogP contribution in [-0.4, -0.2) is 24.7 Å². The van der Waals surface area contributed by atoms with Crippen LogP contribution >= 0.6 is 0 Å². The van der Waals surface area contributed by atoms with Crippen molar-refractivity contribution in [2.45, 2.75) is 11.2 Å². The van der Waals surface area contributed by atoms with Crippen LogP contribution in [0.4, 0.5) is 18.9 Å². The van der Waals surface area contributed by atoms with Crippen LogP contribution in [-0.2, 0) is 10.0 Å².